The Balaban J connectivity index is 2.20. The first kappa shape index (κ1) is 13.2. The summed E-state index contributed by atoms with van der Waals surface area (Å²) < 4.78 is 11.1. The Bertz CT molecular complexity index is 395. The lowest BCUT2D eigenvalue weighted by Gasteiger charge is -2.25. The molecule has 100 valence electrons. The fourth-order valence-corrected chi connectivity index (χ4v) is 2.46. The van der Waals surface area contributed by atoms with E-state index in [9.17, 15) is 0 Å². The van der Waals surface area contributed by atoms with Crippen LogP contribution in [0.15, 0.2) is 18.2 Å². The number of nitrogens with one attached hydrogen (secondary N) is 1. The first-order chi connectivity index (χ1) is 8.76. The van der Waals surface area contributed by atoms with E-state index >= 15 is 0 Å². The number of rotatable bonds is 5. The summed E-state index contributed by atoms with van der Waals surface area (Å²) in [5.41, 5.74) is 4.07. The average molecular weight is 250 g/mol. The summed E-state index contributed by atoms with van der Waals surface area (Å²) in [6.07, 6.45) is 2.30. The monoisotopic (exact) mass is 250 g/mol. The molecule has 0 bridgehead atoms. The predicted molar refractivity (Wildman–Crippen MR) is 71.6 cm³/mol. The van der Waals surface area contributed by atoms with Crippen LogP contribution in [-0.2, 0) is 0 Å². The van der Waals surface area contributed by atoms with Gasteiger partial charge >= 0.3 is 0 Å². The molecule has 18 heavy (non-hydrogen) atoms. The van der Waals surface area contributed by atoms with Gasteiger partial charge in [0.2, 0.25) is 0 Å². The standard InChI is InChI=1S/C14H22N2O2/c1-3-4-10(2)14(16-15)11-5-6-12-13(9-11)18-8-7-17-12/h5-6,9-10,14,16H,3-4,7-8,15H2,1-2H3. The maximum atomic E-state index is 5.69. The van der Waals surface area contributed by atoms with Gasteiger partial charge in [-0.2, -0.15) is 0 Å². The molecule has 1 aromatic rings. The van der Waals surface area contributed by atoms with Crippen molar-refractivity contribution in [3.63, 3.8) is 0 Å². The minimum absolute atomic E-state index is 0.153. The summed E-state index contributed by atoms with van der Waals surface area (Å²) in [4.78, 5) is 0. The topological polar surface area (TPSA) is 56.5 Å². The van der Waals surface area contributed by atoms with Crippen LogP contribution in [0.2, 0.25) is 0 Å². The first-order valence-corrected chi connectivity index (χ1v) is 6.62. The molecule has 4 heteroatoms. The van der Waals surface area contributed by atoms with Crippen LogP contribution < -0.4 is 20.7 Å². The molecule has 2 rings (SSSR count). The Hall–Kier alpha value is -1.26. The van der Waals surface area contributed by atoms with Crippen LogP contribution in [0.4, 0.5) is 0 Å². The molecule has 1 aromatic carbocycles. The summed E-state index contributed by atoms with van der Waals surface area (Å²) in [5, 5.41) is 0. The van der Waals surface area contributed by atoms with Gasteiger partial charge in [-0.15, -0.1) is 0 Å². The second kappa shape index (κ2) is 6.07. The molecule has 0 radical (unpaired) electrons. The van der Waals surface area contributed by atoms with E-state index in [0.717, 1.165) is 29.9 Å². The lowest BCUT2D eigenvalue weighted by Crippen LogP contribution is -2.32. The van der Waals surface area contributed by atoms with Gasteiger partial charge in [0.15, 0.2) is 11.5 Å². The zero-order chi connectivity index (χ0) is 13.0. The molecule has 2 unspecified atom stereocenters. The van der Waals surface area contributed by atoms with Crippen molar-refractivity contribution in [1.82, 2.24) is 5.43 Å². The highest BCUT2D eigenvalue weighted by molar-refractivity contribution is 5.44. The van der Waals surface area contributed by atoms with Crippen LogP contribution in [0, 0.1) is 5.92 Å². The minimum Gasteiger partial charge on any atom is -0.486 e. The highest BCUT2D eigenvalue weighted by Crippen LogP contribution is 2.34. The van der Waals surface area contributed by atoms with Crippen molar-refractivity contribution in [2.75, 3.05) is 13.2 Å². The van der Waals surface area contributed by atoms with Gasteiger partial charge < -0.3 is 9.47 Å². The lowest BCUT2D eigenvalue weighted by molar-refractivity contribution is 0.171. The van der Waals surface area contributed by atoms with Crippen molar-refractivity contribution in [2.24, 2.45) is 11.8 Å². The number of ether oxygens (including phenoxy) is 2. The molecule has 3 N–H and O–H groups in total. The molecule has 0 aromatic heterocycles. The van der Waals surface area contributed by atoms with Crippen molar-refractivity contribution in [3.8, 4) is 11.5 Å². The third kappa shape index (κ3) is 2.76. The molecular formula is C14H22N2O2. The van der Waals surface area contributed by atoms with E-state index in [0.29, 0.717) is 19.1 Å². The fraction of sp³-hybridized carbons (Fsp3) is 0.571. The summed E-state index contributed by atoms with van der Waals surface area (Å²) in [6, 6.07) is 6.21. The number of benzene rings is 1. The summed E-state index contributed by atoms with van der Waals surface area (Å²) in [7, 11) is 0. The van der Waals surface area contributed by atoms with Crippen molar-refractivity contribution in [2.45, 2.75) is 32.7 Å². The maximum Gasteiger partial charge on any atom is 0.161 e. The maximum absolute atomic E-state index is 5.69. The molecule has 1 heterocycles. The largest absolute Gasteiger partial charge is 0.486 e. The molecular weight excluding hydrogens is 228 g/mol. The molecule has 4 nitrogen and oxygen atoms in total. The van der Waals surface area contributed by atoms with Crippen LogP contribution in [0.3, 0.4) is 0 Å². The Kier molecular flexibility index (Phi) is 4.44. The van der Waals surface area contributed by atoms with E-state index < -0.39 is 0 Å². The van der Waals surface area contributed by atoms with Crippen molar-refractivity contribution in [1.29, 1.82) is 0 Å². The molecule has 0 spiro atoms. The molecule has 0 fully saturated rings. The molecule has 0 saturated carbocycles. The smallest absolute Gasteiger partial charge is 0.161 e. The number of fused-ring (bicyclic) bond motifs is 1. The van der Waals surface area contributed by atoms with Crippen LogP contribution in [0.25, 0.3) is 0 Å². The van der Waals surface area contributed by atoms with Crippen molar-refractivity contribution < 1.29 is 9.47 Å². The van der Waals surface area contributed by atoms with Crippen LogP contribution in [-0.4, -0.2) is 13.2 Å². The van der Waals surface area contributed by atoms with E-state index in [-0.39, 0.29) is 6.04 Å². The number of hydrogen-bond donors (Lipinski definition) is 2. The second-order valence-electron chi connectivity index (χ2n) is 4.81. The van der Waals surface area contributed by atoms with Crippen molar-refractivity contribution >= 4 is 0 Å². The van der Waals surface area contributed by atoms with E-state index in [1.807, 2.05) is 12.1 Å². The lowest BCUT2D eigenvalue weighted by atomic mass is 9.91. The molecule has 0 amide bonds. The zero-order valence-corrected chi connectivity index (χ0v) is 11.1. The van der Waals surface area contributed by atoms with Crippen molar-refractivity contribution in [3.05, 3.63) is 23.8 Å². The summed E-state index contributed by atoms with van der Waals surface area (Å²) >= 11 is 0. The summed E-state index contributed by atoms with van der Waals surface area (Å²) in [6.45, 7) is 5.64. The second-order valence-corrected chi connectivity index (χ2v) is 4.81. The molecule has 0 saturated heterocycles. The van der Waals surface area contributed by atoms with E-state index in [2.05, 4.69) is 25.3 Å². The third-order valence-corrected chi connectivity index (χ3v) is 3.42. The highest BCUT2D eigenvalue weighted by Gasteiger charge is 2.20. The summed E-state index contributed by atoms with van der Waals surface area (Å²) in [5.74, 6) is 7.82. The Morgan fingerprint density at radius 1 is 1.28 bits per heavy atom. The normalized spacial score (nSPS) is 17.3. The molecule has 0 aliphatic carbocycles. The number of hydrogen-bond acceptors (Lipinski definition) is 4. The van der Waals surface area contributed by atoms with Gasteiger partial charge in [-0.3, -0.25) is 11.3 Å². The quantitative estimate of drug-likeness (QED) is 0.622. The number of hydrazine groups is 1. The molecule has 2 atom stereocenters. The fourth-order valence-electron chi connectivity index (χ4n) is 2.46. The SMILES string of the molecule is CCCC(C)C(NN)c1ccc2c(c1)OCCO2. The predicted octanol–water partition coefficient (Wildman–Crippen LogP) is 2.40. The highest BCUT2D eigenvalue weighted by atomic mass is 16.6. The first-order valence-electron chi connectivity index (χ1n) is 6.62. The van der Waals surface area contributed by atoms with E-state index in [4.69, 9.17) is 15.3 Å². The Labute approximate surface area is 108 Å². The zero-order valence-electron chi connectivity index (χ0n) is 11.1. The third-order valence-electron chi connectivity index (χ3n) is 3.42. The Morgan fingerprint density at radius 3 is 2.67 bits per heavy atom. The van der Waals surface area contributed by atoms with Crippen LogP contribution >= 0.6 is 0 Å². The minimum atomic E-state index is 0.153. The Morgan fingerprint density at radius 2 is 2.00 bits per heavy atom. The van der Waals surface area contributed by atoms with Gasteiger partial charge in [0.05, 0.1) is 0 Å². The molecule has 1 aliphatic rings. The average Bonchev–Trinajstić information content (AvgIpc) is 2.40. The van der Waals surface area contributed by atoms with E-state index in [1.165, 1.54) is 0 Å². The van der Waals surface area contributed by atoms with Gasteiger partial charge in [-0.1, -0.05) is 26.3 Å². The van der Waals surface area contributed by atoms with Gasteiger partial charge in [0.1, 0.15) is 13.2 Å². The molecule has 1 aliphatic heterocycles. The van der Waals surface area contributed by atoms with Crippen LogP contribution in [0.1, 0.15) is 38.3 Å². The van der Waals surface area contributed by atoms with Gasteiger partial charge in [-0.05, 0) is 30.0 Å². The van der Waals surface area contributed by atoms with E-state index in [1.54, 1.807) is 0 Å². The number of nitrogens with two attached hydrogens (primary N) is 1. The van der Waals surface area contributed by atoms with Gasteiger partial charge in [0, 0.05) is 6.04 Å². The van der Waals surface area contributed by atoms with Gasteiger partial charge in [-0.25, -0.2) is 0 Å². The van der Waals surface area contributed by atoms with Gasteiger partial charge in [0.25, 0.3) is 0 Å². The van der Waals surface area contributed by atoms with Crippen LogP contribution in [0.5, 0.6) is 11.5 Å².